The molecule has 0 saturated heterocycles. The van der Waals surface area contributed by atoms with Crippen LogP contribution >= 0.6 is 0 Å². The fourth-order valence-corrected chi connectivity index (χ4v) is 2.08. The summed E-state index contributed by atoms with van der Waals surface area (Å²) in [5.74, 6) is 0. The van der Waals surface area contributed by atoms with Crippen LogP contribution in [0.1, 0.15) is 22.3 Å². The van der Waals surface area contributed by atoms with E-state index in [1.165, 1.54) is 22.3 Å². The van der Waals surface area contributed by atoms with Crippen LogP contribution in [0.15, 0.2) is 24.3 Å². The van der Waals surface area contributed by atoms with Gasteiger partial charge >= 0.3 is 0 Å². The lowest BCUT2D eigenvalue weighted by Crippen LogP contribution is -1.86. The first kappa shape index (κ1) is 10.9. The van der Waals surface area contributed by atoms with E-state index in [1.54, 1.807) is 0 Å². The SMILES string of the molecule is Cc1[c]c(-c2[c]c(C)cc(C)c2)cc(C)c1. The molecule has 0 fully saturated rings. The van der Waals surface area contributed by atoms with Gasteiger partial charge < -0.3 is 0 Å². The Balaban J connectivity index is 2.57. The molecule has 16 heavy (non-hydrogen) atoms. The van der Waals surface area contributed by atoms with Gasteiger partial charge in [-0.3, -0.25) is 0 Å². The van der Waals surface area contributed by atoms with Crippen molar-refractivity contribution in [2.75, 3.05) is 0 Å². The Hall–Kier alpha value is -1.56. The average molecular weight is 208 g/mol. The van der Waals surface area contributed by atoms with Crippen LogP contribution in [0.3, 0.4) is 0 Å². The smallest absolute Gasteiger partial charge is 0.00668 e. The molecule has 0 aromatic heterocycles. The van der Waals surface area contributed by atoms with Crippen molar-refractivity contribution in [3.05, 3.63) is 58.7 Å². The van der Waals surface area contributed by atoms with E-state index in [0.717, 1.165) is 11.1 Å². The van der Waals surface area contributed by atoms with E-state index in [9.17, 15) is 0 Å². The predicted molar refractivity (Wildman–Crippen MR) is 68.5 cm³/mol. The maximum atomic E-state index is 3.39. The standard InChI is InChI=1S/C16H16/c1-11-5-12(2)8-15(7-11)16-9-13(3)6-14(4)10-16/h5-7,9H,1-4H3. The molecule has 2 radical (unpaired) electrons. The molecule has 80 valence electrons. The Morgan fingerprint density at radius 3 is 1.31 bits per heavy atom. The second-order valence-electron chi connectivity index (χ2n) is 4.51. The van der Waals surface area contributed by atoms with Crippen molar-refractivity contribution in [3.63, 3.8) is 0 Å². The minimum Gasteiger partial charge on any atom is -0.0557 e. The maximum Gasteiger partial charge on any atom is -0.00668 e. The van der Waals surface area contributed by atoms with Gasteiger partial charge in [0.1, 0.15) is 0 Å². The minimum atomic E-state index is 1.14. The summed E-state index contributed by atoms with van der Waals surface area (Å²) in [6.45, 7) is 8.40. The summed E-state index contributed by atoms with van der Waals surface area (Å²) in [4.78, 5) is 0. The van der Waals surface area contributed by atoms with Gasteiger partial charge in [-0.05, 0) is 62.1 Å². The number of hydrogen-bond donors (Lipinski definition) is 0. The van der Waals surface area contributed by atoms with Crippen molar-refractivity contribution in [2.24, 2.45) is 0 Å². The first-order valence-electron chi connectivity index (χ1n) is 5.56. The largest absolute Gasteiger partial charge is 0.0557 e. The lowest BCUT2D eigenvalue weighted by molar-refractivity contribution is 1.34. The normalized spacial score (nSPS) is 10.5. The summed E-state index contributed by atoms with van der Waals surface area (Å²) in [5.41, 5.74) is 7.20. The van der Waals surface area contributed by atoms with Gasteiger partial charge in [0.15, 0.2) is 0 Å². The second-order valence-corrected chi connectivity index (χ2v) is 4.51. The van der Waals surface area contributed by atoms with Crippen LogP contribution in [-0.4, -0.2) is 0 Å². The fraction of sp³-hybridized carbons (Fsp3) is 0.250. The minimum absolute atomic E-state index is 1.14. The number of rotatable bonds is 1. The van der Waals surface area contributed by atoms with Crippen LogP contribution < -0.4 is 0 Å². The fourth-order valence-electron chi connectivity index (χ4n) is 2.08. The average Bonchev–Trinajstić information content (AvgIpc) is 2.14. The molecule has 0 unspecified atom stereocenters. The summed E-state index contributed by atoms with van der Waals surface area (Å²) in [7, 11) is 0. The summed E-state index contributed by atoms with van der Waals surface area (Å²) >= 11 is 0. The van der Waals surface area contributed by atoms with Gasteiger partial charge in [0.05, 0.1) is 0 Å². The third-order valence-corrected chi connectivity index (χ3v) is 2.59. The van der Waals surface area contributed by atoms with Gasteiger partial charge in [-0.25, -0.2) is 0 Å². The van der Waals surface area contributed by atoms with Crippen LogP contribution in [0.5, 0.6) is 0 Å². The predicted octanol–water partition coefficient (Wildman–Crippen LogP) is 4.19. The zero-order chi connectivity index (χ0) is 11.7. The molecular weight excluding hydrogens is 192 g/mol. The Morgan fingerprint density at radius 1 is 0.625 bits per heavy atom. The third kappa shape index (κ3) is 2.33. The van der Waals surface area contributed by atoms with Crippen molar-refractivity contribution in [1.29, 1.82) is 0 Å². The topological polar surface area (TPSA) is 0 Å². The molecule has 0 aliphatic heterocycles. The lowest BCUT2D eigenvalue weighted by Gasteiger charge is -2.06. The Kier molecular flexibility index (Phi) is 2.82. The molecule has 0 spiro atoms. The summed E-state index contributed by atoms with van der Waals surface area (Å²) in [5, 5.41) is 0. The number of hydrogen-bond acceptors (Lipinski definition) is 0. The van der Waals surface area contributed by atoms with E-state index in [2.05, 4.69) is 64.1 Å². The van der Waals surface area contributed by atoms with Gasteiger partial charge in [-0.2, -0.15) is 0 Å². The molecule has 0 heterocycles. The van der Waals surface area contributed by atoms with E-state index in [-0.39, 0.29) is 0 Å². The van der Waals surface area contributed by atoms with Crippen molar-refractivity contribution in [3.8, 4) is 11.1 Å². The van der Waals surface area contributed by atoms with Crippen LogP contribution in [0.2, 0.25) is 0 Å². The van der Waals surface area contributed by atoms with Gasteiger partial charge in [0.2, 0.25) is 0 Å². The van der Waals surface area contributed by atoms with E-state index < -0.39 is 0 Å². The van der Waals surface area contributed by atoms with Crippen molar-refractivity contribution >= 4 is 0 Å². The molecule has 2 aromatic rings. The molecular formula is C16H16. The molecule has 0 nitrogen and oxygen atoms in total. The van der Waals surface area contributed by atoms with Gasteiger partial charge in [0.25, 0.3) is 0 Å². The van der Waals surface area contributed by atoms with Crippen LogP contribution in [0.4, 0.5) is 0 Å². The molecule has 0 saturated carbocycles. The number of aryl methyl sites for hydroxylation is 4. The highest BCUT2D eigenvalue weighted by Gasteiger charge is 2.02. The first-order valence-corrected chi connectivity index (χ1v) is 5.56. The zero-order valence-corrected chi connectivity index (χ0v) is 10.3. The van der Waals surface area contributed by atoms with Gasteiger partial charge in [-0.1, -0.05) is 35.4 Å². The quantitative estimate of drug-likeness (QED) is 0.659. The first-order chi connectivity index (χ1) is 7.54. The molecule has 2 rings (SSSR count). The Labute approximate surface area is 97.9 Å². The maximum absolute atomic E-state index is 3.39. The highest BCUT2D eigenvalue weighted by molar-refractivity contribution is 5.65. The van der Waals surface area contributed by atoms with Crippen LogP contribution in [-0.2, 0) is 0 Å². The zero-order valence-electron chi connectivity index (χ0n) is 10.3. The molecule has 0 heteroatoms. The van der Waals surface area contributed by atoms with Crippen molar-refractivity contribution in [2.45, 2.75) is 27.7 Å². The summed E-state index contributed by atoms with van der Waals surface area (Å²) in [6.07, 6.45) is 0. The van der Waals surface area contributed by atoms with E-state index in [4.69, 9.17) is 0 Å². The molecule has 0 aliphatic carbocycles. The van der Waals surface area contributed by atoms with Crippen LogP contribution in [0, 0.1) is 39.8 Å². The molecule has 0 N–H and O–H groups in total. The van der Waals surface area contributed by atoms with Gasteiger partial charge in [-0.15, -0.1) is 0 Å². The van der Waals surface area contributed by atoms with Gasteiger partial charge in [0, 0.05) is 0 Å². The third-order valence-electron chi connectivity index (χ3n) is 2.59. The number of benzene rings is 2. The Morgan fingerprint density at radius 2 is 1.00 bits per heavy atom. The molecule has 0 bridgehead atoms. The van der Waals surface area contributed by atoms with E-state index >= 15 is 0 Å². The molecule has 0 amide bonds. The molecule has 0 atom stereocenters. The van der Waals surface area contributed by atoms with Crippen LogP contribution in [0.25, 0.3) is 11.1 Å². The van der Waals surface area contributed by atoms with Crippen molar-refractivity contribution in [1.82, 2.24) is 0 Å². The molecule has 2 aromatic carbocycles. The van der Waals surface area contributed by atoms with E-state index in [1.807, 2.05) is 0 Å². The highest BCUT2D eigenvalue weighted by atomic mass is 14.1. The van der Waals surface area contributed by atoms with Crippen molar-refractivity contribution < 1.29 is 0 Å². The Bertz CT molecular complexity index is 432. The molecule has 0 aliphatic rings. The second kappa shape index (κ2) is 4.13. The lowest BCUT2D eigenvalue weighted by atomic mass is 9.98. The monoisotopic (exact) mass is 208 g/mol. The highest BCUT2D eigenvalue weighted by Crippen LogP contribution is 2.23. The summed E-state index contributed by atoms with van der Waals surface area (Å²) in [6, 6.07) is 15.4. The van der Waals surface area contributed by atoms with E-state index in [0.29, 0.717) is 0 Å². The summed E-state index contributed by atoms with van der Waals surface area (Å²) < 4.78 is 0.